The van der Waals surface area contributed by atoms with Crippen LogP contribution in [0.15, 0.2) is 24.3 Å². The predicted molar refractivity (Wildman–Crippen MR) is 92.0 cm³/mol. The van der Waals surface area contributed by atoms with E-state index in [9.17, 15) is 9.59 Å². The highest BCUT2D eigenvalue weighted by molar-refractivity contribution is 7.98. The van der Waals surface area contributed by atoms with Crippen molar-refractivity contribution in [3.63, 3.8) is 0 Å². The molecular formula is C15H24N4O2S. The minimum Gasteiger partial charge on any atom is -0.351 e. The highest BCUT2D eigenvalue weighted by Crippen LogP contribution is 2.11. The van der Waals surface area contributed by atoms with Crippen LogP contribution in [-0.4, -0.2) is 49.0 Å². The van der Waals surface area contributed by atoms with Gasteiger partial charge in [0.15, 0.2) is 0 Å². The zero-order chi connectivity index (χ0) is 16.5. The molecule has 0 fully saturated rings. The molecule has 3 amide bonds. The summed E-state index contributed by atoms with van der Waals surface area (Å²) in [7, 11) is 3.35. The molecule has 4 N–H and O–H groups in total. The number of carbonyl (C=O) groups excluding carboxylic acids is 2. The van der Waals surface area contributed by atoms with E-state index in [1.165, 1.54) is 4.90 Å². The number of anilines is 1. The van der Waals surface area contributed by atoms with E-state index in [4.69, 9.17) is 5.73 Å². The van der Waals surface area contributed by atoms with Gasteiger partial charge in [0.2, 0.25) is 5.91 Å². The number of hydrogen-bond acceptors (Lipinski definition) is 4. The SMILES string of the molecule is CSCC[C@H](N)C(=O)NCc1cccc(NC(=O)N(C)C)c1. The smallest absolute Gasteiger partial charge is 0.321 e. The topological polar surface area (TPSA) is 87.5 Å². The van der Waals surface area contributed by atoms with Gasteiger partial charge in [-0.25, -0.2) is 4.79 Å². The molecule has 0 saturated heterocycles. The Balaban J connectivity index is 2.53. The molecule has 1 atom stereocenters. The van der Waals surface area contributed by atoms with Gasteiger partial charge in [0.25, 0.3) is 0 Å². The molecule has 0 spiro atoms. The van der Waals surface area contributed by atoms with Crippen molar-refractivity contribution in [2.24, 2.45) is 5.73 Å². The lowest BCUT2D eigenvalue weighted by atomic mass is 10.2. The lowest BCUT2D eigenvalue weighted by Gasteiger charge is -2.14. The lowest BCUT2D eigenvalue weighted by Crippen LogP contribution is -2.40. The maximum Gasteiger partial charge on any atom is 0.321 e. The number of carbonyl (C=O) groups is 2. The molecule has 0 aliphatic carbocycles. The minimum absolute atomic E-state index is 0.156. The number of benzene rings is 1. The second-order valence-electron chi connectivity index (χ2n) is 5.13. The van der Waals surface area contributed by atoms with Crippen molar-refractivity contribution < 1.29 is 9.59 Å². The summed E-state index contributed by atoms with van der Waals surface area (Å²) in [6.07, 6.45) is 2.64. The lowest BCUT2D eigenvalue weighted by molar-refractivity contribution is -0.122. The zero-order valence-electron chi connectivity index (χ0n) is 13.3. The fraction of sp³-hybridized carbons (Fsp3) is 0.467. The Bertz CT molecular complexity index is 508. The highest BCUT2D eigenvalue weighted by atomic mass is 32.2. The Hall–Kier alpha value is -1.73. The molecule has 6 nitrogen and oxygen atoms in total. The monoisotopic (exact) mass is 324 g/mol. The summed E-state index contributed by atoms with van der Waals surface area (Å²) >= 11 is 1.67. The van der Waals surface area contributed by atoms with E-state index in [0.717, 1.165) is 11.3 Å². The molecule has 122 valence electrons. The highest BCUT2D eigenvalue weighted by Gasteiger charge is 2.12. The van der Waals surface area contributed by atoms with Crippen LogP contribution >= 0.6 is 11.8 Å². The van der Waals surface area contributed by atoms with Gasteiger partial charge in [-0.1, -0.05) is 12.1 Å². The number of rotatable bonds is 7. The van der Waals surface area contributed by atoms with Crippen molar-refractivity contribution in [1.82, 2.24) is 10.2 Å². The van der Waals surface area contributed by atoms with E-state index in [1.807, 2.05) is 24.5 Å². The van der Waals surface area contributed by atoms with E-state index in [2.05, 4.69) is 10.6 Å². The van der Waals surface area contributed by atoms with E-state index in [1.54, 1.807) is 31.9 Å². The Kier molecular flexibility index (Phi) is 7.76. The summed E-state index contributed by atoms with van der Waals surface area (Å²) < 4.78 is 0. The van der Waals surface area contributed by atoms with Crippen molar-refractivity contribution in [3.05, 3.63) is 29.8 Å². The number of urea groups is 1. The summed E-state index contributed by atoms with van der Waals surface area (Å²) in [4.78, 5) is 24.9. The van der Waals surface area contributed by atoms with Gasteiger partial charge in [0.1, 0.15) is 0 Å². The van der Waals surface area contributed by atoms with Gasteiger partial charge >= 0.3 is 6.03 Å². The summed E-state index contributed by atoms with van der Waals surface area (Å²) in [6, 6.07) is 6.68. The number of thioether (sulfide) groups is 1. The molecule has 1 rings (SSSR count). The number of nitrogens with one attached hydrogen (secondary N) is 2. The molecule has 0 saturated carbocycles. The molecule has 0 aliphatic heterocycles. The largest absolute Gasteiger partial charge is 0.351 e. The van der Waals surface area contributed by atoms with Crippen LogP contribution in [0.2, 0.25) is 0 Å². The van der Waals surface area contributed by atoms with Gasteiger partial charge in [-0.3, -0.25) is 4.79 Å². The molecule has 0 radical (unpaired) electrons. The molecule has 22 heavy (non-hydrogen) atoms. The fourth-order valence-electron chi connectivity index (χ4n) is 1.69. The van der Waals surface area contributed by atoms with E-state index in [-0.39, 0.29) is 11.9 Å². The average Bonchev–Trinajstić information content (AvgIpc) is 2.50. The maximum absolute atomic E-state index is 11.9. The van der Waals surface area contributed by atoms with Crippen LogP contribution in [0.3, 0.4) is 0 Å². The van der Waals surface area contributed by atoms with Crippen molar-refractivity contribution in [3.8, 4) is 0 Å². The fourth-order valence-corrected chi connectivity index (χ4v) is 2.18. The first kappa shape index (κ1) is 18.3. The average molecular weight is 324 g/mol. The third-order valence-electron chi connectivity index (χ3n) is 3.02. The maximum atomic E-state index is 11.9. The van der Waals surface area contributed by atoms with Crippen molar-refractivity contribution in [1.29, 1.82) is 0 Å². The molecule has 1 aromatic rings. The Labute approximate surface area is 135 Å². The second kappa shape index (κ2) is 9.32. The van der Waals surface area contributed by atoms with Gasteiger partial charge in [0, 0.05) is 26.3 Å². The number of nitrogens with two attached hydrogens (primary N) is 1. The van der Waals surface area contributed by atoms with E-state index in [0.29, 0.717) is 18.7 Å². The van der Waals surface area contributed by atoms with Crippen LogP contribution < -0.4 is 16.4 Å². The standard InChI is InChI=1S/C15H24N4O2S/c1-19(2)15(21)18-12-6-4-5-11(9-12)10-17-14(20)13(16)7-8-22-3/h4-6,9,13H,7-8,10,16H2,1-3H3,(H,17,20)(H,18,21)/t13-/m0/s1. The van der Waals surface area contributed by atoms with E-state index < -0.39 is 6.04 Å². The first-order valence-electron chi connectivity index (χ1n) is 7.03. The van der Waals surface area contributed by atoms with Crippen molar-refractivity contribution in [2.75, 3.05) is 31.4 Å². The van der Waals surface area contributed by atoms with Crippen LogP contribution in [0.5, 0.6) is 0 Å². The molecule has 0 aromatic heterocycles. The molecule has 0 heterocycles. The Morgan fingerprint density at radius 3 is 2.73 bits per heavy atom. The van der Waals surface area contributed by atoms with Crippen LogP contribution in [0.1, 0.15) is 12.0 Å². The normalized spacial score (nSPS) is 11.6. The van der Waals surface area contributed by atoms with Crippen LogP contribution in [-0.2, 0) is 11.3 Å². The van der Waals surface area contributed by atoms with Gasteiger partial charge in [-0.15, -0.1) is 0 Å². The molecular weight excluding hydrogens is 300 g/mol. The first-order valence-corrected chi connectivity index (χ1v) is 8.43. The van der Waals surface area contributed by atoms with Gasteiger partial charge in [0.05, 0.1) is 6.04 Å². The molecule has 7 heteroatoms. The molecule has 0 bridgehead atoms. The van der Waals surface area contributed by atoms with Crippen LogP contribution in [0.25, 0.3) is 0 Å². The van der Waals surface area contributed by atoms with Crippen molar-refractivity contribution in [2.45, 2.75) is 19.0 Å². The molecule has 0 unspecified atom stereocenters. The number of hydrogen-bond donors (Lipinski definition) is 3. The van der Waals surface area contributed by atoms with Crippen molar-refractivity contribution >= 4 is 29.4 Å². The van der Waals surface area contributed by atoms with Crippen LogP contribution in [0.4, 0.5) is 10.5 Å². The van der Waals surface area contributed by atoms with Gasteiger partial charge in [-0.2, -0.15) is 11.8 Å². The number of nitrogens with zero attached hydrogens (tertiary/aromatic N) is 1. The van der Waals surface area contributed by atoms with Crippen LogP contribution in [0, 0.1) is 0 Å². The summed E-state index contributed by atoms with van der Waals surface area (Å²) in [6.45, 7) is 0.386. The van der Waals surface area contributed by atoms with E-state index >= 15 is 0 Å². The summed E-state index contributed by atoms with van der Waals surface area (Å²) in [5.74, 6) is 0.706. The zero-order valence-corrected chi connectivity index (χ0v) is 14.1. The second-order valence-corrected chi connectivity index (χ2v) is 6.12. The Morgan fingerprint density at radius 2 is 2.09 bits per heavy atom. The number of amides is 3. The third-order valence-corrected chi connectivity index (χ3v) is 3.66. The third kappa shape index (κ3) is 6.36. The quantitative estimate of drug-likeness (QED) is 0.709. The van der Waals surface area contributed by atoms with Gasteiger partial charge < -0.3 is 21.3 Å². The summed E-state index contributed by atoms with van der Waals surface area (Å²) in [5.41, 5.74) is 7.41. The first-order chi connectivity index (χ1) is 10.4. The van der Waals surface area contributed by atoms with Gasteiger partial charge in [-0.05, 0) is 36.1 Å². The minimum atomic E-state index is -0.482. The summed E-state index contributed by atoms with van der Waals surface area (Å²) in [5, 5.41) is 5.58. The molecule has 0 aliphatic rings. The Morgan fingerprint density at radius 1 is 1.36 bits per heavy atom. The molecule has 1 aromatic carbocycles. The predicted octanol–water partition coefficient (Wildman–Crippen LogP) is 1.48.